The van der Waals surface area contributed by atoms with Gasteiger partial charge in [-0.1, -0.05) is 38.1 Å². The molecule has 2 unspecified atom stereocenters. The molecule has 0 fully saturated rings. The fourth-order valence-electron chi connectivity index (χ4n) is 3.11. The van der Waals surface area contributed by atoms with Gasteiger partial charge in [-0.2, -0.15) is 0 Å². The van der Waals surface area contributed by atoms with E-state index in [1.807, 2.05) is 30.7 Å². The molecule has 1 N–H and O–H groups in total. The molecule has 0 bridgehead atoms. The Balaban J connectivity index is 2.23. The fraction of sp³-hybridized carbons (Fsp3) is 0.400. The van der Waals surface area contributed by atoms with E-state index in [4.69, 9.17) is 0 Å². The number of fused-ring (bicyclic) bond motifs is 1. The Kier molecular flexibility index (Phi) is 2.35. The van der Waals surface area contributed by atoms with Crippen LogP contribution in [0.1, 0.15) is 42.8 Å². The normalized spacial score (nSPS) is 25.1. The Morgan fingerprint density at radius 2 is 1.89 bits per heavy atom. The predicted octanol–water partition coefficient (Wildman–Crippen LogP) is 2.85. The number of benzene rings is 1. The number of imidazole rings is 1. The third kappa shape index (κ3) is 1.37. The summed E-state index contributed by atoms with van der Waals surface area (Å²) in [6, 6.07) is 8.30. The Labute approximate surface area is 107 Å². The van der Waals surface area contributed by atoms with E-state index in [9.17, 15) is 5.11 Å². The highest BCUT2D eigenvalue weighted by molar-refractivity contribution is 5.41. The lowest BCUT2D eigenvalue weighted by Gasteiger charge is -2.32. The van der Waals surface area contributed by atoms with Crippen molar-refractivity contribution >= 4 is 0 Å². The van der Waals surface area contributed by atoms with Gasteiger partial charge in [0.1, 0.15) is 0 Å². The van der Waals surface area contributed by atoms with E-state index in [2.05, 4.69) is 36.4 Å². The van der Waals surface area contributed by atoms with Gasteiger partial charge in [0.2, 0.25) is 0 Å². The van der Waals surface area contributed by atoms with Gasteiger partial charge in [-0.3, -0.25) is 0 Å². The molecule has 94 valence electrons. The molecule has 3 heteroatoms. The summed E-state index contributed by atoms with van der Waals surface area (Å²) in [5.74, 6) is 0. The summed E-state index contributed by atoms with van der Waals surface area (Å²) in [4.78, 5) is 4.21. The number of aromatic nitrogens is 2. The lowest BCUT2D eigenvalue weighted by atomic mass is 9.83. The molecular weight excluding hydrogens is 224 g/mol. The minimum Gasteiger partial charge on any atom is -0.388 e. The van der Waals surface area contributed by atoms with Crippen molar-refractivity contribution in [1.82, 2.24) is 9.55 Å². The number of aliphatic hydroxyl groups excluding tert-OH is 1. The van der Waals surface area contributed by atoms with Crippen LogP contribution in [0.15, 0.2) is 36.8 Å². The molecule has 0 saturated carbocycles. The number of aliphatic hydroxyl groups is 1. The maximum absolute atomic E-state index is 10.5. The predicted molar refractivity (Wildman–Crippen MR) is 70.3 cm³/mol. The van der Waals surface area contributed by atoms with Crippen LogP contribution in [0.3, 0.4) is 0 Å². The van der Waals surface area contributed by atoms with Crippen molar-refractivity contribution in [3.05, 3.63) is 53.6 Å². The molecule has 1 aromatic heterocycles. The maximum atomic E-state index is 10.5. The molecule has 3 rings (SSSR count). The van der Waals surface area contributed by atoms with E-state index in [1.54, 1.807) is 0 Å². The third-order valence-electron chi connectivity index (χ3n) is 4.13. The van der Waals surface area contributed by atoms with Gasteiger partial charge in [0, 0.05) is 17.3 Å². The zero-order valence-corrected chi connectivity index (χ0v) is 11.0. The molecule has 0 spiro atoms. The first-order valence-electron chi connectivity index (χ1n) is 6.29. The van der Waals surface area contributed by atoms with E-state index >= 15 is 0 Å². The van der Waals surface area contributed by atoms with Crippen molar-refractivity contribution in [2.75, 3.05) is 0 Å². The van der Waals surface area contributed by atoms with Crippen molar-refractivity contribution in [3.63, 3.8) is 0 Å². The highest BCUT2D eigenvalue weighted by atomic mass is 16.3. The van der Waals surface area contributed by atoms with Gasteiger partial charge in [-0.25, -0.2) is 4.98 Å². The van der Waals surface area contributed by atoms with Gasteiger partial charge in [0.05, 0.1) is 18.5 Å². The lowest BCUT2D eigenvalue weighted by Crippen LogP contribution is -2.27. The Hall–Kier alpha value is -1.61. The van der Waals surface area contributed by atoms with Crippen LogP contribution in [0.5, 0.6) is 0 Å². The monoisotopic (exact) mass is 242 g/mol. The van der Waals surface area contributed by atoms with Crippen LogP contribution in [-0.2, 0) is 0 Å². The molecule has 18 heavy (non-hydrogen) atoms. The summed E-state index contributed by atoms with van der Waals surface area (Å²) < 4.78 is 2.16. The SMILES string of the molecule is Cc1cncn1C1c2ccccc2C(O)C1(C)C. The van der Waals surface area contributed by atoms with Gasteiger partial charge in [-0.05, 0) is 18.1 Å². The van der Waals surface area contributed by atoms with Crippen LogP contribution in [-0.4, -0.2) is 14.7 Å². The molecule has 0 saturated heterocycles. The van der Waals surface area contributed by atoms with E-state index < -0.39 is 6.10 Å². The summed E-state index contributed by atoms with van der Waals surface area (Å²) in [5, 5.41) is 10.5. The van der Waals surface area contributed by atoms with E-state index in [-0.39, 0.29) is 11.5 Å². The smallest absolute Gasteiger partial charge is 0.0954 e. The first-order valence-corrected chi connectivity index (χ1v) is 6.29. The molecule has 1 aliphatic carbocycles. The lowest BCUT2D eigenvalue weighted by molar-refractivity contribution is 0.0415. The van der Waals surface area contributed by atoms with E-state index in [1.165, 1.54) is 5.56 Å². The summed E-state index contributed by atoms with van der Waals surface area (Å²) in [7, 11) is 0. The molecule has 0 aliphatic heterocycles. The van der Waals surface area contributed by atoms with Crippen LogP contribution in [0.2, 0.25) is 0 Å². The molecular formula is C15H18N2O. The van der Waals surface area contributed by atoms with Gasteiger partial charge in [-0.15, -0.1) is 0 Å². The minimum absolute atomic E-state index is 0.145. The molecule has 0 radical (unpaired) electrons. The second-order valence-electron chi connectivity index (χ2n) is 5.70. The average molecular weight is 242 g/mol. The van der Waals surface area contributed by atoms with Crippen molar-refractivity contribution in [2.45, 2.75) is 32.9 Å². The van der Waals surface area contributed by atoms with Crippen molar-refractivity contribution in [2.24, 2.45) is 5.41 Å². The quantitative estimate of drug-likeness (QED) is 0.835. The van der Waals surface area contributed by atoms with Crippen LogP contribution in [0.4, 0.5) is 0 Å². The zero-order chi connectivity index (χ0) is 12.9. The summed E-state index contributed by atoms with van der Waals surface area (Å²) in [6.07, 6.45) is 3.29. The Morgan fingerprint density at radius 1 is 1.22 bits per heavy atom. The third-order valence-corrected chi connectivity index (χ3v) is 4.13. The summed E-state index contributed by atoms with van der Waals surface area (Å²) in [5.41, 5.74) is 3.14. The summed E-state index contributed by atoms with van der Waals surface area (Å²) in [6.45, 7) is 6.28. The summed E-state index contributed by atoms with van der Waals surface area (Å²) >= 11 is 0. The highest BCUT2D eigenvalue weighted by Crippen LogP contribution is 2.54. The second-order valence-corrected chi connectivity index (χ2v) is 5.70. The fourth-order valence-corrected chi connectivity index (χ4v) is 3.11. The van der Waals surface area contributed by atoms with Crippen LogP contribution >= 0.6 is 0 Å². The van der Waals surface area contributed by atoms with Crippen molar-refractivity contribution in [3.8, 4) is 0 Å². The number of nitrogens with zero attached hydrogens (tertiary/aromatic N) is 2. The largest absolute Gasteiger partial charge is 0.388 e. The van der Waals surface area contributed by atoms with Gasteiger partial charge >= 0.3 is 0 Å². The topological polar surface area (TPSA) is 38.0 Å². The molecule has 1 heterocycles. The molecule has 0 amide bonds. The number of hydrogen-bond acceptors (Lipinski definition) is 2. The molecule has 3 nitrogen and oxygen atoms in total. The highest BCUT2D eigenvalue weighted by Gasteiger charge is 2.47. The molecule has 2 atom stereocenters. The van der Waals surface area contributed by atoms with E-state index in [0.29, 0.717) is 0 Å². The maximum Gasteiger partial charge on any atom is 0.0954 e. The first kappa shape index (κ1) is 11.5. The Bertz CT molecular complexity index is 586. The standard InChI is InChI=1S/C15H18N2O/c1-10-8-16-9-17(10)13-11-6-4-5-7-12(11)14(18)15(13,2)3/h4-9,13-14,18H,1-3H3. The first-order chi connectivity index (χ1) is 8.53. The Morgan fingerprint density at radius 3 is 2.50 bits per heavy atom. The number of rotatable bonds is 1. The van der Waals surface area contributed by atoms with Crippen molar-refractivity contribution in [1.29, 1.82) is 0 Å². The van der Waals surface area contributed by atoms with Crippen molar-refractivity contribution < 1.29 is 5.11 Å². The van der Waals surface area contributed by atoms with Gasteiger partial charge < -0.3 is 9.67 Å². The van der Waals surface area contributed by atoms with Gasteiger partial charge in [0.25, 0.3) is 0 Å². The number of aryl methyl sites for hydroxylation is 1. The van der Waals surface area contributed by atoms with Crippen LogP contribution in [0.25, 0.3) is 0 Å². The van der Waals surface area contributed by atoms with Gasteiger partial charge in [0.15, 0.2) is 0 Å². The van der Waals surface area contributed by atoms with Crippen LogP contribution in [0, 0.1) is 12.3 Å². The van der Waals surface area contributed by atoms with E-state index in [0.717, 1.165) is 11.3 Å². The van der Waals surface area contributed by atoms with Crippen LogP contribution < -0.4 is 0 Å². The minimum atomic E-state index is -0.430. The second kappa shape index (κ2) is 3.69. The average Bonchev–Trinajstić information content (AvgIpc) is 2.82. The number of hydrogen-bond donors (Lipinski definition) is 1. The molecule has 1 aliphatic rings. The molecule has 2 aromatic rings. The molecule has 1 aromatic carbocycles. The zero-order valence-electron chi connectivity index (χ0n) is 11.0.